The van der Waals surface area contributed by atoms with Crippen LogP contribution in [0, 0.1) is 5.82 Å². The zero-order chi connectivity index (χ0) is 10.3. The van der Waals surface area contributed by atoms with Crippen molar-refractivity contribution in [3.8, 4) is 0 Å². The molecule has 0 radical (unpaired) electrons. The first-order chi connectivity index (χ1) is 6.56. The Labute approximate surface area is 91.1 Å². The molecule has 0 aromatic heterocycles. The van der Waals surface area contributed by atoms with Crippen LogP contribution in [0.15, 0.2) is 22.7 Å². The third-order valence-electron chi connectivity index (χ3n) is 3.06. The highest BCUT2D eigenvalue weighted by molar-refractivity contribution is 9.10. The third kappa shape index (κ3) is 1.48. The van der Waals surface area contributed by atoms with E-state index in [-0.39, 0.29) is 11.2 Å². The van der Waals surface area contributed by atoms with Crippen molar-refractivity contribution < 1.29 is 9.50 Å². The van der Waals surface area contributed by atoms with E-state index in [1.807, 2.05) is 6.07 Å². The first-order valence-corrected chi connectivity index (χ1v) is 5.49. The van der Waals surface area contributed by atoms with E-state index in [0.717, 1.165) is 17.3 Å². The molecule has 1 nitrogen and oxygen atoms in total. The van der Waals surface area contributed by atoms with E-state index in [1.54, 1.807) is 13.0 Å². The summed E-state index contributed by atoms with van der Waals surface area (Å²) in [5.41, 5.74) is 0.334. The van der Waals surface area contributed by atoms with Crippen LogP contribution in [-0.2, 0) is 5.41 Å². The third-order valence-corrected chi connectivity index (χ3v) is 3.55. The summed E-state index contributed by atoms with van der Waals surface area (Å²) >= 11 is 3.22. The predicted molar refractivity (Wildman–Crippen MR) is 56.7 cm³/mol. The summed E-state index contributed by atoms with van der Waals surface area (Å²) in [4.78, 5) is 0. The lowest BCUT2D eigenvalue weighted by atomic mass is 9.90. The lowest BCUT2D eigenvalue weighted by molar-refractivity contribution is 0.148. The molecule has 0 aliphatic heterocycles. The molecule has 1 atom stereocenters. The molecule has 0 bridgehead atoms. The normalized spacial score (nSPS) is 20.6. The van der Waals surface area contributed by atoms with Gasteiger partial charge in [0, 0.05) is 9.89 Å². The lowest BCUT2D eigenvalue weighted by Gasteiger charge is -2.19. The first-order valence-electron chi connectivity index (χ1n) is 4.70. The van der Waals surface area contributed by atoms with Crippen LogP contribution in [0.2, 0.25) is 0 Å². The van der Waals surface area contributed by atoms with Crippen molar-refractivity contribution in [3.63, 3.8) is 0 Å². The Kier molecular flexibility index (Phi) is 2.40. The second-order valence-corrected chi connectivity index (χ2v) is 4.87. The van der Waals surface area contributed by atoms with Gasteiger partial charge in [0.15, 0.2) is 0 Å². The molecule has 0 heterocycles. The van der Waals surface area contributed by atoms with Crippen LogP contribution in [0.5, 0.6) is 0 Å². The Morgan fingerprint density at radius 3 is 2.57 bits per heavy atom. The van der Waals surface area contributed by atoms with Gasteiger partial charge in [0.1, 0.15) is 5.82 Å². The van der Waals surface area contributed by atoms with Gasteiger partial charge in [-0.3, -0.25) is 0 Å². The van der Waals surface area contributed by atoms with Gasteiger partial charge in [0.05, 0.1) is 6.10 Å². The molecule has 2 rings (SSSR count). The van der Waals surface area contributed by atoms with Crippen molar-refractivity contribution in [2.45, 2.75) is 31.3 Å². The molecule has 1 aromatic carbocycles. The fourth-order valence-electron chi connectivity index (χ4n) is 1.94. The largest absolute Gasteiger partial charge is 0.392 e. The fraction of sp³-hybridized carbons (Fsp3) is 0.455. The summed E-state index contributed by atoms with van der Waals surface area (Å²) in [7, 11) is 0. The number of aliphatic hydroxyl groups excluding tert-OH is 1. The van der Waals surface area contributed by atoms with Gasteiger partial charge in [-0.25, -0.2) is 4.39 Å². The van der Waals surface area contributed by atoms with Crippen molar-refractivity contribution in [1.29, 1.82) is 0 Å². The van der Waals surface area contributed by atoms with Gasteiger partial charge in [0.2, 0.25) is 0 Å². The summed E-state index contributed by atoms with van der Waals surface area (Å²) in [6.07, 6.45) is 1.28. The molecule has 0 saturated heterocycles. The second-order valence-electron chi connectivity index (χ2n) is 3.96. The zero-order valence-electron chi connectivity index (χ0n) is 7.93. The molecule has 1 unspecified atom stereocenters. The number of hydrogen-bond donors (Lipinski definition) is 1. The SMILES string of the molecule is CC(O)C1(c2ccc(Br)cc2F)CC1. The van der Waals surface area contributed by atoms with Crippen molar-refractivity contribution in [3.05, 3.63) is 34.1 Å². The minimum atomic E-state index is -0.474. The van der Waals surface area contributed by atoms with Crippen LogP contribution in [0.25, 0.3) is 0 Å². The molecule has 0 amide bonds. The topological polar surface area (TPSA) is 20.2 Å². The molecule has 1 fully saturated rings. The van der Waals surface area contributed by atoms with Crippen LogP contribution in [-0.4, -0.2) is 11.2 Å². The van der Waals surface area contributed by atoms with Crippen molar-refractivity contribution >= 4 is 15.9 Å². The highest BCUT2D eigenvalue weighted by atomic mass is 79.9. The van der Waals surface area contributed by atoms with Crippen molar-refractivity contribution in [1.82, 2.24) is 0 Å². The van der Waals surface area contributed by atoms with E-state index >= 15 is 0 Å². The van der Waals surface area contributed by atoms with E-state index in [2.05, 4.69) is 15.9 Å². The highest BCUT2D eigenvalue weighted by Gasteiger charge is 2.49. The number of hydrogen-bond acceptors (Lipinski definition) is 1. The summed E-state index contributed by atoms with van der Waals surface area (Å²) in [6.45, 7) is 1.73. The molecule has 1 aliphatic carbocycles. The van der Waals surface area contributed by atoms with E-state index in [4.69, 9.17) is 0 Å². The van der Waals surface area contributed by atoms with Gasteiger partial charge >= 0.3 is 0 Å². The second kappa shape index (κ2) is 3.31. The predicted octanol–water partition coefficient (Wildman–Crippen LogP) is 3.00. The minimum Gasteiger partial charge on any atom is -0.392 e. The lowest BCUT2D eigenvalue weighted by Crippen LogP contribution is -2.23. The Morgan fingerprint density at radius 2 is 2.14 bits per heavy atom. The Bertz CT molecular complexity index is 358. The van der Waals surface area contributed by atoms with Gasteiger partial charge in [-0.05, 0) is 37.5 Å². The fourth-order valence-corrected chi connectivity index (χ4v) is 2.27. The Hall–Kier alpha value is -0.410. The van der Waals surface area contributed by atoms with Crippen LogP contribution in [0.1, 0.15) is 25.3 Å². The molecule has 3 heteroatoms. The van der Waals surface area contributed by atoms with Crippen LogP contribution >= 0.6 is 15.9 Å². The summed E-state index contributed by atoms with van der Waals surface area (Å²) in [5.74, 6) is -0.224. The van der Waals surface area contributed by atoms with E-state index in [0.29, 0.717) is 5.56 Å². The average Bonchev–Trinajstić information content (AvgIpc) is 2.84. The maximum Gasteiger partial charge on any atom is 0.128 e. The van der Waals surface area contributed by atoms with Gasteiger partial charge in [-0.1, -0.05) is 22.0 Å². The minimum absolute atomic E-state index is 0.224. The number of aliphatic hydroxyl groups is 1. The number of benzene rings is 1. The van der Waals surface area contributed by atoms with Crippen LogP contribution in [0.3, 0.4) is 0 Å². The Balaban J connectivity index is 2.42. The molecule has 1 saturated carbocycles. The quantitative estimate of drug-likeness (QED) is 0.865. The van der Waals surface area contributed by atoms with Crippen LogP contribution in [0.4, 0.5) is 4.39 Å². The molecule has 76 valence electrons. The molecule has 0 spiro atoms. The van der Waals surface area contributed by atoms with Crippen LogP contribution < -0.4 is 0 Å². The molecule has 1 N–H and O–H groups in total. The van der Waals surface area contributed by atoms with E-state index < -0.39 is 6.10 Å². The van der Waals surface area contributed by atoms with Crippen molar-refractivity contribution in [2.24, 2.45) is 0 Å². The standard InChI is InChI=1S/C11H12BrFO/c1-7(14)11(4-5-11)9-3-2-8(12)6-10(9)13/h2-3,6-7,14H,4-5H2,1H3. The summed E-state index contributed by atoms with van der Waals surface area (Å²) in [5, 5.41) is 9.61. The smallest absolute Gasteiger partial charge is 0.128 e. The number of rotatable bonds is 2. The molecule has 1 aromatic rings. The van der Waals surface area contributed by atoms with Gasteiger partial charge in [-0.15, -0.1) is 0 Å². The Morgan fingerprint density at radius 1 is 1.50 bits per heavy atom. The summed E-state index contributed by atoms with van der Waals surface area (Å²) in [6, 6.07) is 5.04. The van der Waals surface area contributed by atoms with Gasteiger partial charge in [-0.2, -0.15) is 0 Å². The van der Waals surface area contributed by atoms with E-state index in [9.17, 15) is 9.50 Å². The molecule has 1 aliphatic rings. The number of halogens is 2. The van der Waals surface area contributed by atoms with Gasteiger partial charge in [0.25, 0.3) is 0 Å². The maximum atomic E-state index is 13.6. The van der Waals surface area contributed by atoms with Gasteiger partial charge < -0.3 is 5.11 Å². The zero-order valence-corrected chi connectivity index (χ0v) is 9.51. The highest BCUT2D eigenvalue weighted by Crippen LogP contribution is 2.51. The summed E-state index contributed by atoms with van der Waals surface area (Å²) < 4.78 is 14.3. The maximum absolute atomic E-state index is 13.6. The van der Waals surface area contributed by atoms with Crippen molar-refractivity contribution in [2.75, 3.05) is 0 Å². The monoisotopic (exact) mass is 258 g/mol. The molecular weight excluding hydrogens is 247 g/mol. The average molecular weight is 259 g/mol. The molecular formula is C11H12BrFO. The first kappa shape index (κ1) is 10.1. The molecule has 14 heavy (non-hydrogen) atoms. The van der Waals surface area contributed by atoms with E-state index in [1.165, 1.54) is 6.07 Å².